The highest BCUT2D eigenvalue weighted by Crippen LogP contribution is 2.31. The van der Waals surface area contributed by atoms with E-state index in [1.54, 1.807) is 0 Å². The third-order valence-electron chi connectivity index (χ3n) is 7.58. The predicted molar refractivity (Wildman–Crippen MR) is 156 cm³/mol. The number of halogens is 1. The van der Waals surface area contributed by atoms with Gasteiger partial charge in [-0.25, -0.2) is 18.8 Å². The Balaban J connectivity index is 1.30. The second-order valence-corrected chi connectivity index (χ2v) is 11.1. The molecule has 0 aliphatic carbocycles. The Morgan fingerprint density at radius 2 is 1.55 bits per heavy atom. The normalized spacial score (nSPS) is 24.3. The highest BCUT2D eigenvalue weighted by molar-refractivity contribution is 5.83. The van der Waals surface area contributed by atoms with Crippen LogP contribution >= 0.6 is 0 Å². The van der Waals surface area contributed by atoms with Gasteiger partial charge in [-0.3, -0.25) is 38.3 Å². The average Bonchev–Trinajstić information content (AvgIpc) is 3.58. The standard InChI is InChI=1S/C27H33FN8O11/c1-12-8-35(26(42)31-23(12)39)20-6-15(28)18(46-20)10-44-22(38)5-4-16(30-14(3)37)25(41)45-11-19-17(33-34-29)7-21(47-19)36-9-13(2)24(40)32-27(36)43/h8-9,15-21H,4-7,10-11H2,1-3H3,(H,30,37)(H,31,39,42)(H,32,40,43)/t15-,16?,17-,18+,19+,20+,21+/m0/s1. The van der Waals surface area contributed by atoms with Gasteiger partial charge in [0.25, 0.3) is 11.1 Å². The molecular formula is C27H33FN8O11. The molecule has 1 amide bonds. The maximum Gasteiger partial charge on any atom is 0.330 e. The number of azide groups is 1. The Bertz CT molecular complexity index is 1800. The van der Waals surface area contributed by atoms with Crippen molar-refractivity contribution in [1.29, 1.82) is 0 Å². The summed E-state index contributed by atoms with van der Waals surface area (Å²) in [5, 5.41) is 6.03. The lowest BCUT2D eigenvalue weighted by atomic mass is 10.1. The van der Waals surface area contributed by atoms with Crippen LogP contribution in [0.25, 0.3) is 10.4 Å². The van der Waals surface area contributed by atoms with E-state index in [0.717, 1.165) is 16.1 Å². The van der Waals surface area contributed by atoms with E-state index in [9.17, 15) is 38.0 Å². The molecule has 3 N–H and O–H groups in total. The van der Waals surface area contributed by atoms with Crippen molar-refractivity contribution in [2.24, 2.45) is 5.11 Å². The van der Waals surface area contributed by atoms with Crippen LogP contribution in [0.4, 0.5) is 4.39 Å². The highest BCUT2D eigenvalue weighted by Gasteiger charge is 2.39. The molecule has 0 radical (unpaired) electrons. The van der Waals surface area contributed by atoms with Gasteiger partial charge in [-0.1, -0.05) is 5.11 Å². The van der Waals surface area contributed by atoms with Gasteiger partial charge < -0.3 is 24.3 Å². The Morgan fingerprint density at radius 1 is 1.00 bits per heavy atom. The van der Waals surface area contributed by atoms with Crippen LogP contribution in [-0.4, -0.2) is 80.6 Å². The summed E-state index contributed by atoms with van der Waals surface area (Å²) in [5.41, 5.74) is 6.76. The molecule has 0 spiro atoms. The van der Waals surface area contributed by atoms with Crippen LogP contribution in [0.1, 0.15) is 56.2 Å². The molecule has 47 heavy (non-hydrogen) atoms. The minimum Gasteiger partial charge on any atom is -0.463 e. The van der Waals surface area contributed by atoms with E-state index in [4.69, 9.17) is 24.5 Å². The first kappa shape index (κ1) is 34.8. The fourth-order valence-corrected chi connectivity index (χ4v) is 5.10. The van der Waals surface area contributed by atoms with E-state index in [2.05, 4.69) is 25.3 Å². The number of hydrogen-bond donors (Lipinski definition) is 3. The van der Waals surface area contributed by atoms with Gasteiger partial charge in [0, 0.05) is 54.6 Å². The van der Waals surface area contributed by atoms with Gasteiger partial charge in [0.05, 0.1) is 6.04 Å². The molecule has 1 unspecified atom stereocenters. The fraction of sp³-hybridized carbons (Fsp3) is 0.593. The molecule has 2 aliphatic heterocycles. The van der Waals surface area contributed by atoms with Crippen LogP contribution in [0.2, 0.25) is 0 Å². The Labute approximate surface area is 263 Å². The summed E-state index contributed by atoms with van der Waals surface area (Å²) in [6.07, 6.45) is -4.04. The zero-order valence-electron chi connectivity index (χ0n) is 25.5. The number of H-pyrrole nitrogens is 2. The van der Waals surface area contributed by atoms with Crippen LogP contribution in [0.3, 0.4) is 0 Å². The Kier molecular flexibility index (Phi) is 11.1. The molecule has 20 heteroatoms. The summed E-state index contributed by atoms with van der Waals surface area (Å²) < 4.78 is 38.6. The molecule has 2 aromatic heterocycles. The number of esters is 2. The van der Waals surface area contributed by atoms with Gasteiger partial charge in [0.2, 0.25) is 5.91 Å². The smallest absolute Gasteiger partial charge is 0.330 e. The average molecular weight is 665 g/mol. The molecule has 4 heterocycles. The first-order chi connectivity index (χ1) is 22.3. The van der Waals surface area contributed by atoms with Crippen molar-refractivity contribution >= 4 is 17.8 Å². The minimum absolute atomic E-state index is 0.0328. The van der Waals surface area contributed by atoms with Gasteiger partial charge in [-0.15, -0.1) is 0 Å². The quantitative estimate of drug-likeness (QED) is 0.114. The van der Waals surface area contributed by atoms with E-state index >= 15 is 0 Å². The van der Waals surface area contributed by atoms with Crippen molar-refractivity contribution in [3.8, 4) is 0 Å². The number of aryl methyl sites for hydroxylation is 2. The monoisotopic (exact) mass is 664 g/mol. The van der Waals surface area contributed by atoms with Crippen LogP contribution < -0.4 is 27.8 Å². The maximum atomic E-state index is 14.6. The van der Waals surface area contributed by atoms with Crippen molar-refractivity contribution < 1.29 is 37.7 Å². The highest BCUT2D eigenvalue weighted by atomic mass is 19.1. The number of alkyl halides is 1. The van der Waals surface area contributed by atoms with Crippen LogP contribution in [0.5, 0.6) is 0 Å². The van der Waals surface area contributed by atoms with Crippen LogP contribution in [0.15, 0.2) is 36.7 Å². The number of rotatable bonds is 12. The molecule has 254 valence electrons. The molecule has 0 aromatic carbocycles. The summed E-state index contributed by atoms with van der Waals surface area (Å²) in [6.45, 7) is 3.17. The van der Waals surface area contributed by atoms with Crippen molar-refractivity contribution in [1.82, 2.24) is 24.4 Å². The number of carbonyl (C=O) groups excluding carboxylic acids is 3. The summed E-state index contributed by atoms with van der Waals surface area (Å²) in [7, 11) is 0. The molecule has 2 aliphatic rings. The van der Waals surface area contributed by atoms with Gasteiger partial charge in [0.15, 0.2) is 0 Å². The third-order valence-corrected chi connectivity index (χ3v) is 7.58. The lowest BCUT2D eigenvalue weighted by Crippen LogP contribution is -2.42. The van der Waals surface area contributed by atoms with Crippen LogP contribution in [-0.2, 0) is 33.3 Å². The number of hydrogen-bond acceptors (Lipinski definition) is 12. The first-order valence-electron chi connectivity index (χ1n) is 14.5. The topological polar surface area (TPSA) is 259 Å². The summed E-state index contributed by atoms with van der Waals surface area (Å²) >= 11 is 0. The molecule has 2 aromatic rings. The molecule has 0 bridgehead atoms. The van der Waals surface area contributed by atoms with Crippen molar-refractivity contribution in [2.45, 2.75) is 89.4 Å². The molecule has 0 saturated carbocycles. The Morgan fingerprint density at radius 3 is 2.13 bits per heavy atom. The van der Waals surface area contributed by atoms with Crippen LogP contribution in [0, 0.1) is 13.8 Å². The summed E-state index contributed by atoms with van der Waals surface area (Å²) in [5.74, 6) is -2.38. The largest absolute Gasteiger partial charge is 0.463 e. The maximum absolute atomic E-state index is 14.6. The molecule has 2 fully saturated rings. The van der Waals surface area contributed by atoms with Gasteiger partial charge in [-0.2, -0.15) is 0 Å². The third kappa shape index (κ3) is 8.60. The number of aromatic amines is 2. The number of aromatic nitrogens is 4. The van der Waals surface area contributed by atoms with Gasteiger partial charge in [-0.05, 0) is 25.8 Å². The van der Waals surface area contributed by atoms with E-state index in [-0.39, 0.29) is 36.8 Å². The number of nitrogens with zero attached hydrogens (tertiary/aromatic N) is 5. The summed E-state index contributed by atoms with van der Waals surface area (Å²) in [4.78, 5) is 91.9. The zero-order chi connectivity index (χ0) is 34.4. The van der Waals surface area contributed by atoms with Crippen molar-refractivity contribution in [3.05, 3.63) is 75.6 Å². The van der Waals surface area contributed by atoms with Gasteiger partial charge in [0.1, 0.15) is 50.1 Å². The number of carbonyl (C=O) groups is 3. The molecule has 2 saturated heterocycles. The molecule has 7 atom stereocenters. The number of nitrogens with one attached hydrogen (secondary N) is 3. The van der Waals surface area contributed by atoms with Crippen molar-refractivity contribution in [2.75, 3.05) is 13.2 Å². The number of ether oxygens (including phenoxy) is 4. The molecular weight excluding hydrogens is 631 g/mol. The van der Waals surface area contributed by atoms with E-state index in [0.29, 0.717) is 0 Å². The van der Waals surface area contributed by atoms with Gasteiger partial charge >= 0.3 is 23.3 Å². The minimum atomic E-state index is -1.59. The summed E-state index contributed by atoms with van der Waals surface area (Å²) in [6, 6.07) is -2.15. The lowest BCUT2D eigenvalue weighted by molar-refractivity contribution is -0.154. The lowest BCUT2D eigenvalue weighted by Gasteiger charge is -2.20. The predicted octanol–water partition coefficient (Wildman–Crippen LogP) is -0.333. The Hall–Kier alpha value is -5.07. The fourth-order valence-electron chi connectivity index (χ4n) is 5.10. The number of amides is 1. The second kappa shape index (κ2) is 15.0. The SMILES string of the molecule is CC(=O)NC(CCC(=O)OC[C@H]1O[C@@H](n2cc(C)c(=O)[nH]c2=O)C[C@@H]1F)C(=O)OC[C@H]1O[C@@H](n2cc(C)c(=O)[nH]c2=O)C[C@@H]1N=[N+]=[N-]. The van der Waals surface area contributed by atoms with Crippen molar-refractivity contribution in [3.63, 3.8) is 0 Å². The van der Waals surface area contributed by atoms with E-state index in [1.807, 2.05) is 0 Å². The molecule has 19 nitrogen and oxygen atoms in total. The zero-order valence-corrected chi connectivity index (χ0v) is 25.5. The van der Waals surface area contributed by atoms with E-state index < -0.39 is 96.5 Å². The molecule has 4 rings (SSSR count). The first-order valence-corrected chi connectivity index (χ1v) is 14.5. The second-order valence-electron chi connectivity index (χ2n) is 11.1. The van der Waals surface area contributed by atoms with E-state index in [1.165, 1.54) is 26.2 Å².